The van der Waals surface area contributed by atoms with Crippen LogP contribution in [-0.2, 0) is 26.0 Å². The fourth-order valence-corrected chi connectivity index (χ4v) is 7.27. The molecule has 0 radical (unpaired) electrons. The van der Waals surface area contributed by atoms with Crippen LogP contribution in [0.2, 0.25) is 0 Å². The smallest absolute Gasteiger partial charge is 0.258 e. The molecule has 0 saturated heterocycles. The van der Waals surface area contributed by atoms with E-state index in [0.29, 0.717) is 24.5 Å². The van der Waals surface area contributed by atoms with E-state index in [2.05, 4.69) is 10.5 Å². The monoisotopic (exact) mass is 684 g/mol. The summed E-state index contributed by atoms with van der Waals surface area (Å²) in [5, 5.41) is 16.9. The van der Waals surface area contributed by atoms with Crippen LogP contribution >= 0.6 is 0 Å². The second-order valence-electron chi connectivity index (χ2n) is 12.7. The Kier molecular flexibility index (Phi) is 12.8. The third-order valence-electron chi connectivity index (χ3n) is 8.62. The van der Waals surface area contributed by atoms with Gasteiger partial charge in [0, 0.05) is 38.3 Å². The Labute approximate surface area is 283 Å². The molecule has 0 fully saturated rings. The van der Waals surface area contributed by atoms with Crippen molar-refractivity contribution in [3.63, 3.8) is 0 Å². The summed E-state index contributed by atoms with van der Waals surface area (Å²) in [7, 11) is -2.45. The molecule has 4 atom stereocenters. The summed E-state index contributed by atoms with van der Waals surface area (Å²) in [5.74, 6) is -0.374. The number of hydrogen-bond acceptors (Lipinski definition) is 9. The van der Waals surface area contributed by atoms with Gasteiger partial charge in [0.2, 0.25) is 15.9 Å². The lowest BCUT2D eigenvalue weighted by Gasteiger charge is -2.35. The van der Waals surface area contributed by atoms with E-state index in [1.807, 2.05) is 44.2 Å². The number of nitrogens with zero attached hydrogens (tertiary/aromatic N) is 3. The first-order valence-corrected chi connectivity index (χ1v) is 17.8. The van der Waals surface area contributed by atoms with E-state index in [1.54, 1.807) is 43.9 Å². The molecule has 1 aromatic heterocycles. The maximum absolute atomic E-state index is 14.4. The molecule has 262 valence electrons. The van der Waals surface area contributed by atoms with E-state index in [1.165, 1.54) is 11.4 Å². The number of likely N-dealkylation sites (N-methyl/N-ethyl adjacent to an activating group) is 1. The van der Waals surface area contributed by atoms with Crippen molar-refractivity contribution >= 4 is 27.5 Å². The van der Waals surface area contributed by atoms with E-state index in [0.717, 1.165) is 18.4 Å². The van der Waals surface area contributed by atoms with Crippen LogP contribution in [0.3, 0.4) is 0 Å². The maximum atomic E-state index is 14.4. The Morgan fingerprint density at radius 3 is 2.54 bits per heavy atom. The molecular formula is C35H48N4O8S. The number of aliphatic hydroxyl groups is 1. The zero-order valence-corrected chi connectivity index (χ0v) is 29.5. The first kappa shape index (κ1) is 37.0. The molecule has 13 heteroatoms. The summed E-state index contributed by atoms with van der Waals surface area (Å²) in [5.41, 5.74) is 1.83. The number of rotatable bonds is 9. The topological polar surface area (TPSA) is 152 Å². The number of carbonyl (C=O) groups excluding carboxylic acids is 2. The number of aromatic nitrogens is 1. The number of sulfonamides is 1. The average Bonchev–Trinajstić information content (AvgIpc) is 3.40. The molecule has 2 amide bonds. The molecule has 0 unspecified atom stereocenters. The number of fused-ring (bicyclic) bond motifs is 1. The molecule has 48 heavy (non-hydrogen) atoms. The van der Waals surface area contributed by atoms with E-state index in [-0.39, 0.29) is 66.0 Å². The summed E-state index contributed by atoms with van der Waals surface area (Å²) >= 11 is 0. The summed E-state index contributed by atoms with van der Waals surface area (Å²) in [6.07, 6.45) is 1.59. The molecule has 0 spiro atoms. The lowest BCUT2D eigenvalue weighted by Crippen LogP contribution is -2.48. The number of carbonyl (C=O) groups is 2. The van der Waals surface area contributed by atoms with Gasteiger partial charge in [0.25, 0.3) is 5.91 Å². The number of benzene rings is 2. The van der Waals surface area contributed by atoms with Crippen molar-refractivity contribution < 1.29 is 37.1 Å². The van der Waals surface area contributed by atoms with Gasteiger partial charge in [-0.05, 0) is 70.7 Å². The highest BCUT2D eigenvalue weighted by Gasteiger charge is 2.34. The Morgan fingerprint density at radius 1 is 1.15 bits per heavy atom. The highest BCUT2D eigenvalue weighted by atomic mass is 32.2. The van der Waals surface area contributed by atoms with E-state index in [9.17, 15) is 23.1 Å². The van der Waals surface area contributed by atoms with Crippen LogP contribution in [0.4, 0.5) is 5.69 Å². The van der Waals surface area contributed by atoms with Crippen LogP contribution in [0.5, 0.6) is 5.75 Å². The average molecular weight is 685 g/mol. The number of nitrogens with one attached hydrogen (secondary N) is 1. The number of aryl methyl sites for hydroxylation is 2. The zero-order chi connectivity index (χ0) is 35.0. The van der Waals surface area contributed by atoms with Crippen molar-refractivity contribution in [2.24, 2.45) is 5.92 Å². The standard InChI is InChI=1S/C35H48N4O8S/c1-23-20-39(24(2)22-40)35(42)30-19-29(36-33(41)18-28-13-8-7-9-14-28)15-16-31(30)46-25(3)12-10-11-17-45-32(23)21-38(6)48(43,44)34-26(4)37-47-27(34)5/h7-9,13-16,19,23-25,32,40H,10-12,17-18,20-22H2,1-6H3,(H,36,41)/t23-,24+,25-,32-/m1/s1. The largest absolute Gasteiger partial charge is 0.490 e. The van der Waals surface area contributed by atoms with Crippen molar-refractivity contribution in [2.75, 3.05) is 38.7 Å². The van der Waals surface area contributed by atoms with Gasteiger partial charge in [-0.3, -0.25) is 9.59 Å². The van der Waals surface area contributed by atoms with Crippen LogP contribution in [0, 0.1) is 19.8 Å². The maximum Gasteiger partial charge on any atom is 0.258 e. The fraction of sp³-hybridized carbons (Fsp3) is 0.514. The molecule has 0 saturated carbocycles. The molecule has 1 aliphatic rings. The minimum atomic E-state index is -3.94. The molecule has 2 heterocycles. The van der Waals surface area contributed by atoms with Gasteiger partial charge in [-0.25, -0.2) is 8.42 Å². The van der Waals surface area contributed by atoms with Crippen molar-refractivity contribution in [3.8, 4) is 5.75 Å². The van der Waals surface area contributed by atoms with Gasteiger partial charge in [-0.15, -0.1) is 0 Å². The molecule has 3 aromatic rings. The van der Waals surface area contributed by atoms with Gasteiger partial charge in [0.05, 0.1) is 36.8 Å². The van der Waals surface area contributed by atoms with Crippen molar-refractivity contribution in [3.05, 3.63) is 71.1 Å². The zero-order valence-electron chi connectivity index (χ0n) is 28.6. The molecular weight excluding hydrogens is 636 g/mol. The SMILES string of the molecule is Cc1noc(C)c1S(=O)(=O)N(C)C[C@H]1OCCCC[C@@H](C)Oc2ccc(NC(=O)Cc3ccccc3)cc2C(=O)N([C@@H](C)CO)C[C@H]1C. The van der Waals surface area contributed by atoms with Gasteiger partial charge in [0.1, 0.15) is 16.3 Å². The Bertz CT molecular complexity index is 1630. The number of amides is 2. The Balaban J connectivity index is 1.64. The summed E-state index contributed by atoms with van der Waals surface area (Å²) in [4.78, 5) is 28.8. The second-order valence-corrected chi connectivity index (χ2v) is 14.6. The van der Waals surface area contributed by atoms with Gasteiger partial charge < -0.3 is 29.3 Å². The highest BCUT2D eigenvalue weighted by Crippen LogP contribution is 2.29. The van der Waals surface area contributed by atoms with E-state index in [4.69, 9.17) is 14.0 Å². The van der Waals surface area contributed by atoms with E-state index >= 15 is 0 Å². The third-order valence-corrected chi connectivity index (χ3v) is 10.7. The van der Waals surface area contributed by atoms with Crippen molar-refractivity contribution in [1.82, 2.24) is 14.4 Å². The van der Waals surface area contributed by atoms with Crippen LogP contribution in [0.15, 0.2) is 57.9 Å². The lowest BCUT2D eigenvalue weighted by atomic mass is 10.0. The van der Waals surface area contributed by atoms with E-state index < -0.39 is 28.1 Å². The minimum Gasteiger partial charge on any atom is -0.490 e. The second kappa shape index (κ2) is 16.6. The number of anilines is 1. The lowest BCUT2D eigenvalue weighted by molar-refractivity contribution is -0.115. The number of aliphatic hydroxyl groups excluding tert-OH is 1. The van der Waals surface area contributed by atoms with Crippen LogP contribution in [0.25, 0.3) is 0 Å². The van der Waals surface area contributed by atoms with Crippen LogP contribution in [-0.4, -0.2) is 91.3 Å². The number of ether oxygens (including phenoxy) is 2. The summed E-state index contributed by atoms with van der Waals surface area (Å²) in [6, 6.07) is 13.8. The van der Waals surface area contributed by atoms with Crippen molar-refractivity contribution in [2.45, 2.75) is 83.4 Å². The molecule has 0 bridgehead atoms. The van der Waals surface area contributed by atoms with Crippen LogP contribution < -0.4 is 10.1 Å². The molecule has 0 aliphatic carbocycles. The molecule has 1 aliphatic heterocycles. The predicted molar refractivity (Wildman–Crippen MR) is 181 cm³/mol. The molecule has 12 nitrogen and oxygen atoms in total. The highest BCUT2D eigenvalue weighted by molar-refractivity contribution is 7.89. The quantitative estimate of drug-likeness (QED) is 0.330. The minimum absolute atomic E-state index is 0.0246. The van der Waals surface area contributed by atoms with Gasteiger partial charge in [0.15, 0.2) is 5.76 Å². The predicted octanol–water partition coefficient (Wildman–Crippen LogP) is 4.59. The molecule has 2 N–H and O–H groups in total. The van der Waals surface area contributed by atoms with Gasteiger partial charge in [-0.2, -0.15) is 4.31 Å². The van der Waals surface area contributed by atoms with Gasteiger partial charge >= 0.3 is 0 Å². The van der Waals surface area contributed by atoms with Crippen LogP contribution in [0.1, 0.15) is 67.4 Å². The Morgan fingerprint density at radius 2 is 1.88 bits per heavy atom. The molecule has 4 rings (SSSR count). The molecule has 2 aromatic carbocycles. The summed E-state index contributed by atoms with van der Waals surface area (Å²) in [6.45, 7) is 9.00. The summed E-state index contributed by atoms with van der Waals surface area (Å²) < 4.78 is 46.1. The first-order chi connectivity index (χ1) is 22.8. The van der Waals surface area contributed by atoms with Crippen molar-refractivity contribution in [1.29, 1.82) is 0 Å². The normalized spacial score (nSPS) is 20.5. The Hall–Kier alpha value is -3.78. The number of hydrogen-bond donors (Lipinski definition) is 2. The third kappa shape index (κ3) is 9.22. The first-order valence-electron chi connectivity index (χ1n) is 16.4. The van der Waals surface area contributed by atoms with Gasteiger partial charge in [-0.1, -0.05) is 42.4 Å². The fourth-order valence-electron chi connectivity index (χ4n) is 5.80.